The lowest BCUT2D eigenvalue weighted by molar-refractivity contribution is -0.147. The first-order chi connectivity index (χ1) is 12.5. The van der Waals surface area contributed by atoms with Crippen molar-refractivity contribution in [3.8, 4) is 0 Å². The van der Waals surface area contributed by atoms with Crippen LogP contribution in [-0.2, 0) is 14.3 Å². The highest BCUT2D eigenvalue weighted by Crippen LogP contribution is 2.30. The van der Waals surface area contributed by atoms with Crippen LogP contribution < -0.4 is 0 Å². The number of fused-ring (bicyclic) bond motifs is 1. The van der Waals surface area contributed by atoms with Gasteiger partial charge in [-0.15, -0.1) is 0 Å². The highest BCUT2D eigenvalue weighted by molar-refractivity contribution is 5.76. The minimum Gasteiger partial charge on any atom is -0.462 e. The highest BCUT2D eigenvalue weighted by Gasteiger charge is 2.22. The van der Waals surface area contributed by atoms with E-state index in [0.717, 1.165) is 17.6 Å². The molecule has 1 N–H and O–H groups in total. The summed E-state index contributed by atoms with van der Waals surface area (Å²) in [6.45, 7) is 8.86. The molecule has 0 heterocycles. The molecule has 0 bridgehead atoms. The van der Waals surface area contributed by atoms with Crippen LogP contribution in [0.15, 0.2) is 65.4 Å². The number of carbonyl (C=O) groups excluding carboxylic acids is 1. The molecule has 2 unspecified atom stereocenters. The average Bonchev–Trinajstić information content (AvgIpc) is 2.64. The minimum atomic E-state index is -0.729. The summed E-state index contributed by atoms with van der Waals surface area (Å²) >= 11 is 0. The molecule has 0 radical (unpaired) electrons. The average molecular weight is 356 g/mol. The van der Waals surface area contributed by atoms with Crippen LogP contribution in [0.2, 0.25) is 0 Å². The van der Waals surface area contributed by atoms with E-state index in [4.69, 9.17) is 15.0 Å². The summed E-state index contributed by atoms with van der Waals surface area (Å²) in [5, 5.41) is 3.31. The summed E-state index contributed by atoms with van der Waals surface area (Å²) in [7, 11) is 0. The van der Waals surface area contributed by atoms with Gasteiger partial charge < -0.3 is 9.47 Å². The Balaban J connectivity index is 1.64. The van der Waals surface area contributed by atoms with E-state index in [1.54, 1.807) is 0 Å². The summed E-state index contributed by atoms with van der Waals surface area (Å²) in [5.74, 6) is 0.348. The van der Waals surface area contributed by atoms with Gasteiger partial charge >= 0.3 is 5.97 Å². The molecule has 2 rings (SSSR count). The third kappa shape index (κ3) is 5.63. The quantitative estimate of drug-likeness (QED) is 0.358. The molecule has 0 saturated carbocycles. The van der Waals surface area contributed by atoms with Gasteiger partial charge in [0, 0.05) is 11.8 Å². The van der Waals surface area contributed by atoms with Gasteiger partial charge in [0.15, 0.2) is 6.04 Å². The molecular weight excluding hydrogens is 328 g/mol. The monoisotopic (exact) mass is 356 g/mol. The summed E-state index contributed by atoms with van der Waals surface area (Å²) in [6.07, 6.45) is 15.9. The molecule has 5 heteroatoms. The van der Waals surface area contributed by atoms with Gasteiger partial charge in [0.2, 0.25) is 0 Å². The first kappa shape index (κ1) is 20.0. The largest absolute Gasteiger partial charge is 0.462 e. The van der Waals surface area contributed by atoms with Crippen molar-refractivity contribution in [3.05, 3.63) is 60.3 Å². The van der Waals surface area contributed by atoms with E-state index in [1.807, 2.05) is 13.8 Å². The molecule has 0 aliphatic heterocycles. The predicted molar refractivity (Wildman–Crippen MR) is 102 cm³/mol. The van der Waals surface area contributed by atoms with Crippen LogP contribution in [-0.4, -0.2) is 31.8 Å². The summed E-state index contributed by atoms with van der Waals surface area (Å²) in [6, 6.07) is -0.729. The zero-order chi connectivity index (χ0) is 18.9. The second kappa shape index (κ2) is 10.0. The summed E-state index contributed by atoms with van der Waals surface area (Å²) in [5.41, 5.74) is 9.25. The van der Waals surface area contributed by atoms with Gasteiger partial charge in [-0.05, 0) is 23.5 Å². The molecular formula is C21H28N2O3. The van der Waals surface area contributed by atoms with Crippen molar-refractivity contribution in [1.82, 2.24) is 0 Å². The molecule has 0 aromatic rings. The Morgan fingerprint density at radius 2 is 1.92 bits per heavy atom. The molecule has 0 fully saturated rings. The van der Waals surface area contributed by atoms with Crippen molar-refractivity contribution in [2.24, 2.45) is 22.9 Å². The van der Waals surface area contributed by atoms with Crippen molar-refractivity contribution >= 4 is 5.97 Å². The Bertz CT molecular complexity index is 644. The van der Waals surface area contributed by atoms with Crippen LogP contribution in [0, 0.1) is 23.3 Å². The molecule has 0 saturated heterocycles. The number of allylic oxidation sites excluding steroid dienone is 8. The molecule has 0 aromatic carbocycles. The predicted octanol–water partition coefficient (Wildman–Crippen LogP) is 4.40. The molecule has 0 spiro atoms. The van der Waals surface area contributed by atoms with Gasteiger partial charge in [-0.25, -0.2) is 10.3 Å². The number of ether oxygens (including phenoxy) is 2. The Labute approximate surface area is 155 Å². The van der Waals surface area contributed by atoms with Gasteiger partial charge in [-0.2, -0.15) is 5.11 Å². The van der Waals surface area contributed by atoms with Crippen LogP contribution in [0.1, 0.15) is 20.3 Å². The Kier molecular flexibility index (Phi) is 7.73. The third-order valence-electron chi connectivity index (χ3n) is 4.53. The molecule has 3 atom stereocenters. The van der Waals surface area contributed by atoms with E-state index in [-0.39, 0.29) is 12.5 Å². The van der Waals surface area contributed by atoms with Crippen LogP contribution >= 0.6 is 0 Å². The lowest BCUT2D eigenvalue weighted by Crippen LogP contribution is -2.27. The van der Waals surface area contributed by atoms with Crippen LogP contribution in [0.25, 0.3) is 0 Å². The first-order valence-corrected chi connectivity index (χ1v) is 9.07. The zero-order valence-electron chi connectivity index (χ0n) is 15.6. The van der Waals surface area contributed by atoms with Crippen molar-refractivity contribution in [2.75, 3.05) is 19.8 Å². The number of nitrogens with zero attached hydrogens (tertiary/aromatic N) is 1. The van der Waals surface area contributed by atoms with Crippen molar-refractivity contribution in [2.45, 2.75) is 26.3 Å². The maximum atomic E-state index is 11.7. The maximum Gasteiger partial charge on any atom is 0.333 e. The van der Waals surface area contributed by atoms with Crippen LogP contribution in [0.3, 0.4) is 0 Å². The Morgan fingerprint density at radius 3 is 2.62 bits per heavy atom. The third-order valence-corrected chi connectivity index (χ3v) is 4.53. The number of carbonyl (C=O) groups is 1. The number of hydrogen-bond acceptors (Lipinski definition) is 5. The SMILES string of the molecule is C=C(CCOCCOC(=O)C(N=N)C(C)C)C1=C[C@H]2C=CC=CC2C=C1. The number of esters is 1. The summed E-state index contributed by atoms with van der Waals surface area (Å²) < 4.78 is 10.6. The molecule has 0 aromatic heterocycles. The van der Waals surface area contributed by atoms with E-state index in [1.165, 1.54) is 0 Å². The van der Waals surface area contributed by atoms with Gasteiger partial charge in [0.25, 0.3) is 0 Å². The van der Waals surface area contributed by atoms with E-state index in [9.17, 15) is 4.79 Å². The van der Waals surface area contributed by atoms with Gasteiger partial charge in [0.1, 0.15) is 6.61 Å². The second-order valence-corrected chi connectivity index (χ2v) is 6.86. The lowest BCUT2D eigenvalue weighted by Gasteiger charge is -2.23. The van der Waals surface area contributed by atoms with Crippen molar-refractivity contribution in [1.29, 1.82) is 5.53 Å². The number of hydrogen-bond donors (Lipinski definition) is 1. The normalized spacial score (nSPS) is 21.9. The Morgan fingerprint density at radius 1 is 1.19 bits per heavy atom. The van der Waals surface area contributed by atoms with Crippen LogP contribution in [0.4, 0.5) is 0 Å². The zero-order valence-corrected chi connectivity index (χ0v) is 15.6. The van der Waals surface area contributed by atoms with E-state index in [0.29, 0.717) is 25.0 Å². The van der Waals surface area contributed by atoms with E-state index in [2.05, 4.69) is 54.2 Å². The Hall–Kier alpha value is -2.27. The molecule has 5 nitrogen and oxygen atoms in total. The van der Waals surface area contributed by atoms with Gasteiger partial charge in [-0.1, -0.05) is 63.0 Å². The van der Waals surface area contributed by atoms with Gasteiger partial charge in [0.05, 0.1) is 13.2 Å². The van der Waals surface area contributed by atoms with Crippen LogP contribution in [0.5, 0.6) is 0 Å². The summed E-state index contributed by atoms with van der Waals surface area (Å²) in [4.78, 5) is 11.7. The molecule has 2 aliphatic carbocycles. The number of rotatable bonds is 10. The minimum absolute atomic E-state index is 0.0461. The van der Waals surface area contributed by atoms with Gasteiger partial charge in [-0.3, -0.25) is 0 Å². The van der Waals surface area contributed by atoms with Crippen molar-refractivity contribution in [3.63, 3.8) is 0 Å². The van der Waals surface area contributed by atoms with E-state index < -0.39 is 12.0 Å². The topological polar surface area (TPSA) is 71.7 Å². The fourth-order valence-electron chi connectivity index (χ4n) is 2.92. The first-order valence-electron chi connectivity index (χ1n) is 9.07. The fourth-order valence-corrected chi connectivity index (χ4v) is 2.92. The smallest absolute Gasteiger partial charge is 0.333 e. The standard InChI is InChI=1S/C21H28N2O3/c1-15(2)20(23-22)21(24)26-13-12-25-11-10-16(3)18-9-8-17-6-4-5-7-19(17)14-18/h4-9,14-15,17,19-20,22H,3,10-13H2,1-2H3/t17?,19-,20?/m1/s1. The van der Waals surface area contributed by atoms with Crippen molar-refractivity contribution < 1.29 is 14.3 Å². The number of nitrogens with one attached hydrogen (secondary N) is 1. The molecule has 0 amide bonds. The fraction of sp³-hybridized carbons (Fsp3) is 0.476. The maximum absolute atomic E-state index is 11.7. The molecule has 140 valence electrons. The van der Waals surface area contributed by atoms with E-state index >= 15 is 0 Å². The lowest BCUT2D eigenvalue weighted by atomic mass is 9.81. The molecule has 2 aliphatic rings. The highest BCUT2D eigenvalue weighted by atomic mass is 16.6. The second-order valence-electron chi connectivity index (χ2n) is 6.86. The molecule has 26 heavy (non-hydrogen) atoms.